The van der Waals surface area contributed by atoms with Crippen molar-refractivity contribution in [2.45, 2.75) is 23.8 Å². The van der Waals surface area contributed by atoms with Gasteiger partial charge in [0.25, 0.3) is 0 Å². The van der Waals surface area contributed by atoms with Crippen molar-refractivity contribution in [2.24, 2.45) is 0 Å². The van der Waals surface area contributed by atoms with E-state index in [1.165, 1.54) is 23.5 Å². The maximum absolute atomic E-state index is 12.4. The number of halogens is 1. The largest absolute Gasteiger partial charge is 0.481 e. The second-order valence-corrected chi connectivity index (χ2v) is 7.41. The molecule has 1 aromatic carbocycles. The Bertz CT molecular complexity index is 642. The summed E-state index contributed by atoms with van der Waals surface area (Å²) in [4.78, 5) is 10.7. The Morgan fingerprint density at radius 2 is 2.14 bits per heavy atom. The van der Waals surface area contributed by atoms with Crippen molar-refractivity contribution in [3.63, 3.8) is 0 Å². The van der Waals surface area contributed by atoms with E-state index in [0.717, 1.165) is 0 Å². The molecule has 1 N–H and O–H groups in total. The second kappa shape index (κ2) is 6.31. The van der Waals surface area contributed by atoms with Crippen LogP contribution >= 0.6 is 11.6 Å². The average molecular weight is 334 g/mol. The van der Waals surface area contributed by atoms with Gasteiger partial charge >= 0.3 is 5.97 Å². The summed E-state index contributed by atoms with van der Waals surface area (Å²) in [6.45, 7) is 0.860. The summed E-state index contributed by atoms with van der Waals surface area (Å²) in [5.41, 5.74) is 0.583. The van der Waals surface area contributed by atoms with Crippen LogP contribution in [0.15, 0.2) is 23.1 Å². The number of benzene rings is 1. The zero-order valence-electron chi connectivity index (χ0n) is 11.5. The summed E-state index contributed by atoms with van der Waals surface area (Å²) in [6.07, 6.45) is 0.106. The SMILES string of the molecule is CN(CC1CO1)S(=O)(=O)c1cc(Cl)cc(CCC(=O)O)c1. The zero-order valence-corrected chi connectivity index (χ0v) is 13.0. The quantitative estimate of drug-likeness (QED) is 0.762. The van der Waals surface area contributed by atoms with Crippen LogP contribution in [0.3, 0.4) is 0 Å². The lowest BCUT2D eigenvalue weighted by molar-refractivity contribution is -0.136. The average Bonchev–Trinajstić information content (AvgIpc) is 3.19. The molecule has 1 aromatic rings. The van der Waals surface area contributed by atoms with Crippen LogP contribution in [0, 0.1) is 0 Å². The zero-order chi connectivity index (χ0) is 15.6. The predicted molar refractivity (Wildman–Crippen MR) is 77.0 cm³/mol. The molecule has 1 aliphatic heterocycles. The first kappa shape index (κ1) is 16.2. The molecular formula is C13H16ClNO5S. The highest BCUT2D eigenvalue weighted by Gasteiger charge is 2.30. The number of hydrogen-bond donors (Lipinski definition) is 1. The smallest absolute Gasteiger partial charge is 0.303 e. The summed E-state index contributed by atoms with van der Waals surface area (Å²) in [5, 5.41) is 8.97. The van der Waals surface area contributed by atoms with Gasteiger partial charge in [0.1, 0.15) is 0 Å². The van der Waals surface area contributed by atoms with Crippen molar-refractivity contribution >= 4 is 27.6 Å². The number of rotatable bonds is 7. The van der Waals surface area contributed by atoms with Gasteiger partial charge in [0.2, 0.25) is 10.0 Å². The van der Waals surface area contributed by atoms with Crippen molar-refractivity contribution in [1.82, 2.24) is 4.31 Å². The van der Waals surface area contributed by atoms with Gasteiger partial charge < -0.3 is 9.84 Å². The highest BCUT2D eigenvalue weighted by molar-refractivity contribution is 7.89. The maximum atomic E-state index is 12.4. The number of hydrogen-bond acceptors (Lipinski definition) is 4. The van der Waals surface area contributed by atoms with Gasteiger partial charge in [-0.1, -0.05) is 11.6 Å². The van der Waals surface area contributed by atoms with Crippen LogP contribution in [0.1, 0.15) is 12.0 Å². The molecule has 0 aliphatic carbocycles. The molecule has 0 aromatic heterocycles. The third-order valence-corrected chi connectivity index (χ3v) is 5.15. The Kier molecular flexibility index (Phi) is 4.88. The highest BCUT2D eigenvalue weighted by Crippen LogP contribution is 2.23. The fourth-order valence-electron chi connectivity index (χ4n) is 1.90. The Morgan fingerprint density at radius 3 is 2.71 bits per heavy atom. The van der Waals surface area contributed by atoms with Crippen LogP contribution in [0.5, 0.6) is 0 Å². The number of aryl methyl sites for hydroxylation is 1. The van der Waals surface area contributed by atoms with Gasteiger partial charge in [-0.25, -0.2) is 8.42 Å². The van der Waals surface area contributed by atoms with E-state index in [2.05, 4.69) is 0 Å². The summed E-state index contributed by atoms with van der Waals surface area (Å²) in [6, 6.07) is 4.41. The number of carbonyl (C=O) groups is 1. The Morgan fingerprint density at radius 1 is 1.48 bits per heavy atom. The van der Waals surface area contributed by atoms with Crippen LogP contribution in [0.25, 0.3) is 0 Å². The summed E-state index contributed by atoms with van der Waals surface area (Å²) < 4.78 is 31.1. The number of nitrogens with zero attached hydrogens (tertiary/aromatic N) is 1. The standard InChI is InChI=1S/C13H16ClNO5S/c1-15(7-11-8-20-11)21(18,19)12-5-9(2-3-13(16)17)4-10(14)6-12/h4-6,11H,2-3,7-8H2,1H3,(H,16,17). The molecule has 1 heterocycles. The molecule has 0 radical (unpaired) electrons. The monoisotopic (exact) mass is 333 g/mol. The number of likely N-dealkylation sites (N-methyl/N-ethyl adjacent to an activating group) is 1. The number of sulfonamides is 1. The van der Waals surface area contributed by atoms with Crippen molar-refractivity contribution in [1.29, 1.82) is 0 Å². The van der Waals surface area contributed by atoms with Gasteiger partial charge in [-0.2, -0.15) is 4.31 Å². The predicted octanol–water partition coefficient (Wildman–Crippen LogP) is 1.38. The topological polar surface area (TPSA) is 87.2 Å². The molecule has 0 spiro atoms. The summed E-state index contributed by atoms with van der Waals surface area (Å²) in [5.74, 6) is -0.942. The number of carboxylic acids is 1. The Hall–Kier alpha value is -1.15. The first-order chi connectivity index (χ1) is 9.79. The maximum Gasteiger partial charge on any atom is 0.303 e. The van der Waals surface area contributed by atoms with Gasteiger partial charge in [0.05, 0.1) is 17.6 Å². The molecule has 2 rings (SSSR count). The lowest BCUT2D eigenvalue weighted by atomic mass is 10.1. The van der Waals surface area contributed by atoms with Crippen molar-refractivity contribution < 1.29 is 23.1 Å². The molecule has 1 aliphatic rings. The van der Waals surface area contributed by atoms with E-state index < -0.39 is 16.0 Å². The van der Waals surface area contributed by atoms with E-state index in [0.29, 0.717) is 18.7 Å². The number of aliphatic carboxylic acids is 1. The Balaban J connectivity index is 2.22. The lowest BCUT2D eigenvalue weighted by Crippen LogP contribution is -2.30. The second-order valence-electron chi connectivity index (χ2n) is 4.93. The molecular weight excluding hydrogens is 318 g/mol. The van der Waals surface area contributed by atoms with Gasteiger partial charge in [-0.05, 0) is 30.2 Å². The molecule has 21 heavy (non-hydrogen) atoms. The van der Waals surface area contributed by atoms with Crippen molar-refractivity contribution in [3.8, 4) is 0 Å². The first-order valence-electron chi connectivity index (χ1n) is 6.38. The molecule has 1 atom stereocenters. The normalized spacial score (nSPS) is 18.0. The van der Waals surface area contributed by atoms with Gasteiger partial charge in [-0.3, -0.25) is 4.79 Å². The summed E-state index contributed by atoms with van der Waals surface area (Å²) >= 11 is 5.94. The molecule has 0 saturated carbocycles. The van der Waals surface area contributed by atoms with Crippen LogP contribution in [0.4, 0.5) is 0 Å². The van der Waals surface area contributed by atoms with Crippen molar-refractivity contribution in [3.05, 3.63) is 28.8 Å². The fraction of sp³-hybridized carbons (Fsp3) is 0.462. The highest BCUT2D eigenvalue weighted by atomic mass is 35.5. The van der Waals surface area contributed by atoms with Crippen molar-refractivity contribution in [2.75, 3.05) is 20.2 Å². The molecule has 1 saturated heterocycles. The van der Waals surface area contributed by atoms with E-state index >= 15 is 0 Å². The minimum atomic E-state index is -3.66. The minimum absolute atomic E-state index is 0.0459. The molecule has 8 heteroatoms. The van der Waals surface area contributed by atoms with E-state index in [1.807, 2.05) is 0 Å². The molecule has 1 fully saturated rings. The molecule has 1 unspecified atom stereocenters. The van der Waals surface area contributed by atoms with E-state index in [1.54, 1.807) is 6.07 Å². The van der Waals surface area contributed by atoms with E-state index in [-0.39, 0.29) is 28.9 Å². The number of carboxylic acid groups (broad SMARTS) is 1. The summed E-state index contributed by atoms with van der Waals surface area (Å²) in [7, 11) is -2.18. The van der Waals surface area contributed by atoms with Crippen LogP contribution in [0.2, 0.25) is 5.02 Å². The lowest BCUT2D eigenvalue weighted by Gasteiger charge is -2.17. The van der Waals surface area contributed by atoms with Gasteiger partial charge in [-0.15, -0.1) is 0 Å². The third-order valence-electron chi connectivity index (χ3n) is 3.13. The minimum Gasteiger partial charge on any atom is -0.481 e. The van der Waals surface area contributed by atoms with Crippen LogP contribution in [-0.2, 0) is 26.0 Å². The Labute approximate surface area is 128 Å². The van der Waals surface area contributed by atoms with Crippen LogP contribution in [-0.4, -0.2) is 50.1 Å². The van der Waals surface area contributed by atoms with E-state index in [4.69, 9.17) is 21.4 Å². The molecule has 6 nitrogen and oxygen atoms in total. The number of epoxide rings is 1. The molecule has 0 bridgehead atoms. The fourth-order valence-corrected chi connectivity index (χ4v) is 3.52. The van der Waals surface area contributed by atoms with Gasteiger partial charge in [0.15, 0.2) is 0 Å². The number of ether oxygens (including phenoxy) is 1. The van der Waals surface area contributed by atoms with Gasteiger partial charge in [0, 0.05) is 25.0 Å². The third kappa shape index (κ3) is 4.41. The van der Waals surface area contributed by atoms with E-state index in [9.17, 15) is 13.2 Å². The van der Waals surface area contributed by atoms with Crippen LogP contribution < -0.4 is 0 Å². The molecule has 0 amide bonds. The first-order valence-corrected chi connectivity index (χ1v) is 8.20. The molecule has 116 valence electrons.